The van der Waals surface area contributed by atoms with E-state index in [0.29, 0.717) is 0 Å². The zero-order valence-electron chi connectivity index (χ0n) is 16.3. The second-order valence-corrected chi connectivity index (χ2v) is 11.0. The molecule has 150 valence electrons. The first-order valence-electron chi connectivity index (χ1n) is 9.60. The van der Waals surface area contributed by atoms with Gasteiger partial charge in [-0.2, -0.15) is 0 Å². The summed E-state index contributed by atoms with van der Waals surface area (Å²) in [6.45, 7) is 0. The van der Waals surface area contributed by atoms with Crippen molar-refractivity contribution in [1.29, 1.82) is 0 Å². The van der Waals surface area contributed by atoms with Gasteiger partial charge in [-0.15, -0.1) is 24.8 Å². The maximum atomic E-state index is 2.33. The summed E-state index contributed by atoms with van der Waals surface area (Å²) in [5, 5.41) is 4.45. The van der Waals surface area contributed by atoms with Crippen LogP contribution in [0, 0.1) is 0 Å². The molecule has 0 nitrogen and oxygen atoms in total. The summed E-state index contributed by atoms with van der Waals surface area (Å²) in [5.74, 6) is 0. The van der Waals surface area contributed by atoms with Crippen molar-refractivity contribution in [3.8, 4) is 0 Å². The molecule has 0 aliphatic carbocycles. The van der Waals surface area contributed by atoms with Gasteiger partial charge in [0.1, 0.15) is 0 Å². The second-order valence-electron chi connectivity index (χ2n) is 6.99. The standard InChI is InChI=1S/C26H25P.2ClH/c1-5-13-23(14-6-1)21-22-27(24-15-7-2-8-16-24,25-17-9-3-10-18-25)26-19-11-4-12-20-26;;/h1-20,27H,21-22H2;2*1H. The van der Waals surface area contributed by atoms with E-state index in [0.717, 1.165) is 12.6 Å². The van der Waals surface area contributed by atoms with Crippen molar-refractivity contribution in [3.63, 3.8) is 0 Å². The average molecular weight is 441 g/mol. The van der Waals surface area contributed by atoms with Gasteiger partial charge in [0.2, 0.25) is 0 Å². The van der Waals surface area contributed by atoms with E-state index in [1.165, 1.54) is 21.5 Å². The minimum atomic E-state index is -2.11. The summed E-state index contributed by atoms with van der Waals surface area (Å²) in [5.41, 5.74) is 1.41. The molecule has 0 aliphatic rings. The van der Waals surface area contributed by atoms with Crippen molar-refractivity contribution in [2.75, 3.05) is 6.16 Å². The Morgan fingerprint density at radius 1 is 0.414 bits per heavy atom. The van der Waals surface area contributed by atoms with Gasteiger partial charge in [0, 0.05) is 0 Å². The van der Waals surface area contributed by atoms with Gasteiger partial charge in [-0.3, -0.25) is 0 Å². The van der Waals surface area contributed by atoms with Crippen LogP contribution in [-0.4, -0.2) is 6.16 Å². The van der Waals surface area contributed by atoms with Crippen LogP contribution >= 0.6 is 32.1 Å². The van der Waals surface area contributed by atoms with Gasteiger partial charge >= 0.3 is 163 Å². The molecule has 0 radical (unpaired) electrons. The summed E-state index contributed by atoms with van der Waals surface area (Å²) in [6.07, 6.45) is 2.25. The van der Waals surface area contributed by atoms with E-state index in [-0.39, 0.29) is 24.8 Å². The number of aryl methyl sites for hydroxylation is 1. The van der Waals surface area contributed by atoms with Gasteiger partial charge in [0.05, 0.1) is 0 Å². The van der Waals surface area contributed by atoms with Crippen molar-refractivity contribution < 1.29 is 0 Å². The first kappa shape index (κ1) is 23.2. The second kappa shape index (κ2) is 11.2. The molecule has 29 heavy (non-hydrogen) atoms. The Kier molecular flexibility index (Phi) is 8.93. The third-order valence-electron chi connectivity index (χ3n) is 5.43. The van der Waals surface area contributed by atoms with Crippen LogP contribution < -0.4 is 15.9 Å². The molecule has 4 aromatic rings. The molecular weight excluding hydrogens is 414 g/mol. The number of benzene rings is 4. The molecule has 4 rings (SSSR count). The van der Waals surface area contributed by atoms with Gasteiger partial charge in [-0.1, -0.05) is 0 Å². The van der Waals surface area contributed by atoms with Crippen molar-refractivity contribution >= 4 is 48.0 Å². The fraction of sp³-hybridized carbons (Fsp3) is 0.0769. The molecule has 0 heterocycles. The van der Waals surface area contributed by atoms with Crippen LogP contribution in [0.2, 0.25) is 0 Å². The van der Waals surface area contributed by atoms with Gasteiger partial charge in [0.25, 0.3) is 0 Å². The number of halogens is 2. The average Bonchev–Trinajstić information content (AvgIpc) is 2.77. The van der Waals surface area contributed by atoms with E-state index in [2.05, 4.69) is 121 Å². The quantitative estimate of drug-likeness (QED) is 0.332. The van der Waals surface area contributed by atoms with Crippen LogP contribution in [0.4, 0.5) is 0 Å². The van der Waals surface area contributed by atoms with Crippen molar-refractivity contribution in [1.82, 2.24) is 0 Å². The first-order chi connectivity index (χ1) is 13.4. The van der Waals surface area contributed by atoms with Crippen LogP contribution in [0.25, 0.3) is 0 Å². The Morgan fingerprint density at radius 3 is 1.07 bits per heavy atom. The molecule has 4 aromatic carbocycles. The van der Waals surface area contributed by atoms with Crippen LogP contribution in [0.5, 0.6) is 0 Å². The molecule has 0 bridgehead atoms. The normalized spacial score (nSPS) is 11.0. The summed E-state index contributed by atoms with van der Waals surface area (Å²) in [6, 6.07) is 44.3. The third-order valence-corrected chi connectivity index (χ3v) is 10.4. The molecule has 0 fully saturated rings. The van der Waals surface area contributed by atoms with E-state index >= 15 is 0 Å². The van der Waals surface area contributed by atoms with Gasteiger partial charge in [0.15, 0.2) is 0 Å². The van der Waals surface area contributed by atoms with E-state index in [1.54, 1.807) is 0 Å². The molecule has 3 heteroatoms. The van der Waals surface area contributed by atoms with E-state index in [1.807, 2.05) is 0 Å². The molecule has 0 aliphatic heterocycles. The predicted octanol–water partition coefficient (Wildman–Crippen LogP) is 5.80. The summed E-state index contributed by atoms with van der Waals surface area (Å²) >= 11 is 0. The zero-order valence-corrected chi connectivity index (χ0v) is 18.9. The zero-order chi connectivity index (χ0) is 18.4. The van der Waals surface area contributed by atoms with Crippen molar-refractivity contribution in [2.45, 2.75) is 6.42 Å². The maximum absolute atomic E-state index is 2.33. The monoisotopic (exact) mass is 440 g/mol. The van der Waals surface area contributed by atoms with Crippen molar-refractivity contribution in [2.24, 2.45) is 0 Å². The molecule has 0 N–H and O–H groups in total. The molecule has 0 saturated heterocycles. The van der Waals surface area contributed by atoms with Crippen LogP contribution in [0.3, 0.4) is 0 Å². The summed E-state index contributed by atoms with van der Waals surface area (Å²) < 4.78 is 0. The summed E-state index contributed by atoms with van der Waals surface area (Å²) in [4.78, 5) is 0. The van der Waals surface area contributed by atoms with Gasteiger partial charge in [-0.05, 0) is 0 Å². The van der Waals surface area contributed by atoms with Gasteiger partial charge in [-0.25, -0.2) is 0 Å². The predicted molar refractivity (Wildman–Crippen MR) is 136 cm³/mol. The molecule has 0 amide bonds. The van der Waals surface area contributed by atoms with Gasteiger partial charge < -0.3 is 0 Å². The van der Waals surface area contributed by atoms with Crippen LogP contribution in [-0.2, 0) is 6.42 Å². The van der Waals surface area contributed by atoms with E-state index in [4.69, 9.17) is 0 Å². The molecular formula is C26H27Cl2P. The molecule has 0 atom stereocenters. The number of hydrogen-bond donors (Lipinski definition) is 0. The molecule has 0 unspecified atom stereocenters. The fourth-order valence-electron chi connectivity index (χ4n) is 4.08. The summed E-state index contributed by atoms with van der Waals surface area (Å²) in [7, 11) is -2.11. The van der Waals surface area contributed by atoms with E-state index < -0.39 is 7.26 Å². The third kappa shape index (κ3) is 5.09. The SMILES string of the molecule is Cl.Cl.c1ccc(CC[PH](c2ccccc2)(c2ccccc2)c2ccccc2)cc1. The Balaban J connectivity index is 0.00000150. The Morgan fingerprint density at radius 2 is 0.724 bits per heavy atom. The topological polar surface area (TPSA) is 0 Å². The van der Waals surface area contributed by atoms with Crippen LogP contribution in [0.1, 0.15) is 5.56 Å². The Hall–Kier alpha value is -2.11. The van der Waals surface area contributed by atoms with Crippen molar-refractivity contribution in [3.05, 3.63) is 127 Å². The minimum absolute atomic E-state index is 0. The van der Waals surface area contributed by atoms with E-state index in [9.17, 15) is 0 Å². The molecule has 0 aromatic heterocycles. The number of hydrogen-bond acceptors (Lipinski definition) is 0. The molecule has 0 saturated carbocycles. The first-order valence-corrected chi connectivity index (χ1v) is 11.8. The van der Waals surface area contributed by atoms with Crippen LogP contribution in [0.15, 0.2) is 121 Å². The number of rotatable bonds is 6. The Bertz CT molecular complexity index is 862. The molecule has 0 spiro atoms. The Labute approximate surface area is 187 Å². The fourth-order valence-corrected chi connectivity index (χ4v) is 8.89.